The monoisotopic (exact) mass is 374 g/mol. The van der Waals surface area contributed by atoms with E-state index in [1.165, 1.54) is 0 Å². The van der Waals surface area contributed by atoms with E-state index in [1.54, 1.807) is 0 Å². The van der Waals surface area contributed by atoms with Crippen molar-refractivity contribution in [3.63, 3.8) is 0 Å². The molecule has 23 heavy (non-hydrogen) atoms. The van der Waals surface area contributed by atoms with Crippen molar-refractivity contribution in [2.75, 3.05) is 0 Å². The summed E-state index contributed by atoms with van der Waals surface area (Å²) in [7, 11) is 0. The average Bonchev–Trinajstić information content (AvgIpc) is 2.58. The van der Waals surface area contributed by atoms with E-state index in [9.17, 15) is 5.11 Å². The molecule has 0 atom stereocenters. The minimum absolute atomic E-state index is 0. The first-order valence-corrected chi connectivity index (χ1v) is 6.94. The molecule has 0 bridgehead atoms. The first kappa shape index (κ1) is 19.5. The summed E-state index contributed by atoms with van der Waals surface area (Å²) in [6, 6.07) is 29.0. The van der Waals surface area contributed by atoms with Crippen LogP contribution >= 0.6 is 0 Å². The molecule has 0 amide bonds. The molecule has 0 aromatic heterocycles. The van der Waals surface area contributed by atoms with E-state index in [-0.39, 0.29) is 45.8 Å². The van der Waals surface area contributed by atoms with Crippen LogP contribution in [0.3, 0.4) is 0 Å². The van der Waals surface area contributed by atoms with Crippen LogP contribution in [0, 0.1) is 0 Å². The molecule has 0 spiro atoms. The first-order valence-electron chi connectivity index (χ1n) is 6.94. The molecule has 0 saturated heterocycles. The Labute approximate surface area is 163 Å². The van der Waals surface area contributed by atoms with Crippen molar-refractivity contribution < 1.29 is 22.1 Å². The van der Waals surface area contributed by atoms with Crippen LogP contribution in [0.4, 0.5) is 0 Å². The van der Waals surface area contributed by atoms with Crippen LogP contribution in [0.25, 0.3) is 11.3 Å². The van der Waals surface area contributed by atoms with E-state index in [1.807, 2.05) is 91.0 Å². The molecule has 0 N–H and O–H groups in total. The maximum absolute atomic E-state index is 12.9. The Bertz CT molecular complexity index is 699. The molecular weight excluding hydrogens is 360 g/mol. The molecule has 1 nitrogen and oxygen atoms in total. The summed E-state index contributed by atoms with van der Waals surface area (Å²) in [5.41, 5.74) is 3.33. The molecule has 0 unspecified atom stereocenters. The summed E-state index contributed by atoms with van der Waals surface area (Å²) in [5.74, 6) is 0.0491. The molecule has 0 heterocycles. The normalized spacial score (nSPS) is 9.22. The van der Waals surface area contributed by atoms with Gasteiger partial charge in [-0.05, 0) is 22.3 Å². The summed E-state index contributed by atoms with van der Waals surface area (Å²) in [6.07, 6.45) is 0. The molecule has 0 aliphatic carbocycles. The summed E-state index contributed by atoms with van der Waals surface area (Å²) < 4.78 is 0. The zero-order valence-corrected chi connectivity index (χ0v) is 15.7. The van der Waals surface area contributed by atoms with Crippen molar-refractivity contribution in [3.05, 3.63) is 108 Å². The summed E-state index contributed by atoms with van der Waals surface area (Å²) in [4.78, 5) is 0. The Balaban J connectivity index is 0.00000132. The maximum atomic E-state index is 12.9. The number of benzene rings is 3. The van der Waals surface area contributed by atoms with Crippen LogP contribution in [0.5, 0.6) is 0 Å². The van der Waals surface area contributed by atoms with Gasteiger partial charge in [0.2, 0.25) is 0 Å². The van der Waals surface area contributed by atoms with Crippen molar-refractivity contribution in [1.29, 1.82) is 0 Å². The third kappa shape index (κ3) is 4.71. The summed E-state index contributed by atoms with van der Waals surface area (Å²) in [6.45, 7) is 0. The van der Waals surface area contributed by atoms with Gasteiger partial charge in [-0.25, -0.2) is 0 Å². The Morgan fingerprint density at radius 2 is 0.826 bits per heavy atom. The number of hydrogen-bond acceptors (Lipinski definition) is 1. The standard InChI is InChI=1S/C20H16O.BrH.Mg/c21-20(18-14-8-3-9-15-18)19(16-10-4-1-5-11-16)17-12-6-2-7-13-17;;/h1-15,21H;1H;/q;;+2/p-2. The van der Waals surface area contributed by atoms with E-state index in [4.69, 9.17) is 0 Å². The van der Waals surface area contributed by atoms with Gasteiger partial charge < -0.3 is 22.1 Å². The van der Waals surface area contributed by atoms with E-state index < -0.39 is 0 Å². The van der Waals surface area contributed by atoms with Crippen molar-refractivity contribution in [3.8, 4) is 0 Å². The summed E-state index contributed by atoms with van der Waals surface area (Å²) in [5, 5.41) is 12.9. The fraction of sp³-hybridized carbons (Fsp3) is 0. The fourth-order valence-corrected chi connectivity index (χ4v) is 2.37. The smallest absolute Gasteiger partial charge is 1.00 e. The van der Waals surface area contributed by atoms with Crippen LogP contribution < -0.4 is 22.1 Å². The van der Waals surface area contributed by atoms with Crippen molar-refractivity contribution in [1.82, 2.24) is 0 Å². The predicted molar refractivity (Wildman–Crippen MR) is 91.0 cm³/mol. The third-order valence-electron chi connectivity index (χ3n) is 3.39. The van der Waals surface area contributed by atoms with Gasteiger partial charge in [0.1, 0.15) is 0 Å². The van der Waals surface area contributed by atoms with E-state index in [2.05, 4.69) is 0 Å². The topological polar surface area (TPSA) is 23.1 Å². The van der Waals surface area contributed by atoms with Gasteiger partial charge in [0.25, 0.3) is 0 Å². The van der Waals surface area contributed by atoms with Crippen molar-refractivity contribution in [2.45, 2.75) is 0 Å². The third-order valence-corrected chi connectivity index (χ3v) is 3.39. The molecule has 3 heteroatoms. The van der Waals surface area contributed by atoms with Crippen molar-refractivity contribution in [2.24, 2.45) is 0 Å². The molecule has 0 saturated carbocycles. The molecule has 3 aromatic carbocycles. The zero-order chi connectivity index (χ0) is 14.5. The second-order valence-corrected chi connectivity index (χ2v) is 4.80. The molecule has 110 valence electrons. The second kappa shape index (κ2) is 9.56. The Hall–Kier alpha value is -1.55. The van der Waals surface area contributed by atoms with Crippen LogP contribution in [0.1, 0.15) is 16.7 Å². The van der Waals surface area contributed by atoms with Gasteiger partial charge >= 0.3 is 23.1 Å². The molecule has 0 aliphatic rings. The quantitative estimate of drug-likeness (QED) is 0.373. The molecular formula is C20H15BrMgO. The van der Waals surface area contributed by atoms with Crippen molar-refractivity contribution >= 4 is 34.4 Å². The van der Waals surface area contributed by atoms with Crippen LogP contribution in [0.2, 0.25) is 0 Å². The van der Waals surface area contributed by atoms with Gasteiger partial charge in [0, 0.05) is 0 Å². The Kier molecular flexibility index (Phi) is 8.10. The SMILES string of the molecule is [Br-].[Mg+2].[O-]C(=C(c1ccccc1)c1ccccc1)c1ccccc1. The first-order chi connectivity index (χ1) is 10.4. The fourth-order valence-electron chi connectivity index (χ4n) is 2.37. The molecule has 3 aromatic rings. The number of rotatable bonds is 3. The number of hydrogen-bond donors (Lipinski definition) is 0. The molecule has 0 aliphatic heterocycles. The van der Waals surface area contributed by atoms with Gasteiger partial charge in [-0.2, -0.15) is 0 Å². The van der Waals surface area contributed by atoms with Gasteiger partial charge in [-0.1, -0.05) is 96.8 Å². The minimum atomic E-state index is 0. The zero-order valence-electron chi connectivity index (χ0n) is 12.7. The van der Waals surface area contributed by atoms with Crippen LogP contribution in [0.15, 0.2) is 91.0 Å². The van der Waals surface area contributed by atoms with E-state index in [0.717, 1.165) is 16.7 Å². The Morgan fingerprint density at radius 3 is 1.17 bits per heavy atom. The predicted octanol–water partition coefficient (Wildman–Crippen LogP) is 0.587. The largest absolute Gasteiger partial charge is 2.00 e. The molecule has 0 radical (unpaired) electrons. The van der Waals surface area contributed by atoms with Crippen LogP contribution in [-0.2, 0) is 0 Å². The van der Waals surface area contributed by atoms with Gasteiger partial charge in [0.05, 0.1) is 0 Å². The Morgan fingerprint density at radius 1 is 0.522 bits per heavy atom. The van der Waals surface area contributed by atoms with Crippen LogP contribution in [-0.4, -0.2) is 23.1 Å². The van der Waals surface area contributed by atoms with E-state index >= 15 is 0 Å². The second-order valence-electron chi connectivity index (χ2n) is 4.80. The summed E-state index contributed by atoms with van der Waals surface area (Å²) >= 11 is 0. The van der Waals surface area contributed by atoms with Gasteiger partial charge in [-0.3, -0.25) is 0 Å². The molecule has 3 rings (SSSR count). The average molecular weight is 376 g/mol. The van der Waals surface area contributed by atoms with Gasteiger partial charge in [-0.15, -0.1) is 0 Å². The molecule has 0 fully saturated rings. The minimum Gasteiger partial charge on any atom is -1.00 e. The number of halogens is 1. The maximum Gasteiger partial charge on any atom is 2.00 e. The van der Waals surface area contributed by atoms with Gasteiger partial charge in [0.15, 0.2) is 0 Å². The van der Waals surface area contributed by atoms with E-state index in [0.29, 0.717) is 5.56 Å².